The Kier molecular flexibility index (Phi) is 3.31. The lowest BCUT2D eigenvalue weighted by Crippen LogP contribution is -2.29. The van der Waals surface area contributed by atoms with Gasteiger partial charge in [-0.15, -0.1) is 0 Å². The van der Waals surface area contributed by atoms with Crippen LogP contribution in [0.15, 0.2) is 59.3 Å². The molecule has 0 aliphatic heterocycles. The second-order valence-electron chi connectivity index (χ2n) is 5.11. The highest BCUT2D eigenvalue weighted by molar-refractivity contribution is 5.97. The number of carbonyl (C=O) groups excluding carboxylic acids is 1. The Bertz CT molecular complexity index is 1030. The predicted molar refractivity (Wildman–Crippen MR) is 86.8 cm³/mol. The van der Waals surface area contributed by atoms with Crippen LogP contribution in [-0.2, 0) is 0 Å². The number of halogens is 1. The van der Waals surface area contributed by atoms with Crippen LogP contribution in [0.25, 0.3) is 21.9 Å². The van der Waals surface area contributed by atoms with Crippen LogP contribution in [0.3, 0.4) is 0 Å². The second kappa shape index (κ2) is 5.62. The van der Waals surface area contributed by atoms with E-state index in [1.54, 1.807) is 18.2 Å². The molecule has 0 aliphatic rings. The molecule has 2 N–H and O–H groups in total. The summed E-state index contributed by atoms with van der Waals surface area (Å²) in [7, 11) is 0. The van der Waals surface area contributed by atoms with Crippen LogP contribution in [0.4, 0.5) is 10.2 Å². The third-order valence-corrected chi connectivity index (χ3v) is 3.54. The first-order valence-corrected chi connectivity index (χ1v) is 7.16. The number of hydrazine groups is 1. The Balaban J connectivity index is 1.57. The minimum atomic E-state index is -0.444. The van der Waals surface area contributed by atoms with Crippen LogP contribution in [0.2, 0.25) is 0 Å². The molecule has 2 aromatic heterocycles. The zero-order chi connectivity index (χ0) is 16.5. The van der Waals surface area contributed by atoms with Gasteiger partial charge in [0.15, 0.2) is 11.6 Å². The number of para-hydroxylation sites is 1. The molecule has 2 aromatic carbocycles. The van der Waals surface area contributed by atoms with Gasteiger partial charge in [0.2, 0.25) is 0 Å². The van der Waals surface area contributed by atoms with Crippen LogP contribution in [0.5, 0.6) is 0 Å². The number of fused-ring (bicyclic) bond motifs is 2. The number of furan rings is 1. The third-order valence-electron chi connectivity index (χ3n) is 3.54. The van der Waals surface area contributed by atoms with E-state index in [1.807, 2.05) is 18.2 Å². The molecule has 7 heteroatoms. The summed E-state index contributed by atoms with van der Waals surface area (Å²) in [4.78, 5) is 20.3. The van der Waals surface area contributed by atoms with Crippen molar-refractivity contribution in [2.75, 3.05) is 5.43 Å². The Labute approximate surface area is 135 Å². The van der Waals surface area contributed by atoms with Gasteiger partial charge in [-0.3, -0.25) is 15.6 Å². The molecule has 0 atom stereocenters. The van der Waals surface area contributed by atoms with Gasteiger partial charge in [-0.25, -0.2) is 14.4 Å². The number of carbonyl (C=O) groups is 1. The molecule has 6 nitrogen and oxygen atoms in total. The van der Waals surface area contributed by atoms with Gasteiger partial charge in [0, 0.05) is 16.8 Å². The zero-order valence-corrected chi connectivity index (χ0v) is 12.3. The van der Waals surface area contributed by atoms with E-state index in [-0.39, 0.29) is 5.76 Å². The number of rotatable bonds is 3. The lowest BCUT2D eigenvalue weighted by molar-refractivity contribution is 0.0937. The molecule has 0 bridgehead atoms. The molecule has 1 amide bonds. The van der Waals surface area contributed by atoms with Gasteiger partial charge in [-0.2, -0.15) is 0 Å². The summed E-state index contributed by atoms with van der Waals surface area (Å²) in [5.41, 5.74) is 6.30. The highest BCUT2D eigenvalue weighted by atomic mass is 19.1. The van der Waals surface area contributed by atoms with Crippen LogP contribution >= 0.6 is 0 Å². The number of nitrogens with one attached hydrogen (secondary N) is 2. The van der Waals surface area contributed by atoms with E-state index >= 15 is 0 Å². The topological polar surface area (TPSA) is 80.0 Å². The molecule has 24 heavy (non-hydrogen) atoms. The molecule has 0 aliphatic carbocycles. The molecule has 0 fully saturated rings. The lowest BCUT2D eigenvalue weighted by Gasteiger charge is -2.08. The van der Waals surface area contributed by atoms with Crippen molar-refractivity contribution in [2.45, 2.75) is 0 Å². The number of aromatic nitrogens is 2. The van der Waals surface area contributed by atoms with Crippen molar-refractivity contribution in [1.82, 2.24) is 15.4 Å². The van der Waals surface area contributed by atoms with Gasteiger partial charge in [-0.05, 0) is 24.3 Å². The van der Waals surface area contributed by atoms with Crippen molar-refractivity contribution in [2.24, 2.45) is 0 Å². The lowest BCUT2D eigenvalue weighted by atomic mass is 10.2. The summed E-state index contributed by atoms with van der Waals surface area (Å²) in [5.74, 6) is -0.295. The fourth-order valence-corrected chi connectivity index (χ4v) is 2.40. The smallest absolute Gasteiger partial charge is 0.305 e. The standard InChI is InChI=1S/C17H11FN4O2/c18-11-5-6-12-13(8-11)19-9-20-16(12)21-22-17(23)15-7-10-3-1-2-4-14(10)24-15/h1-9H,(H,22,23)(H,19,20,21). The van der Waals surface area contributed by atoms with Crippen molar-refractivity contribution in [1.29, 1.82) is 0 Å². The van der Waals surface area contributed by atoms with Gasteiger partial charge < -0.3 is 4.42 Å². The highest BCUT2D eigenvalue weighted by Gasteiger charge is 2.12. The Hall–Kier alpha value is -3.48. The van der Waals surface area contributed by atoms with E-state index in [1.165, 1.54) is 18.5 Å². The van der Waals surface area contributed by atoms with Crippen molar-refractivity contribution in [3.63, 3.8) is 0 Å². The van der Waals surface area contributed by atoms with Crippen LogP contribution in [0.1, 0.15) is 10.6 Å². The van der Waals surface area contributed by atoms with Gasteiger partial charge in [0.1, 0.15) is 17.7 Å². The van der Waals surface area contributed by atoms with Crippen LogP contribution in [0, 0.1) is 5.82 Å². The first-order valence-electron chi connectivity index (χ1n) is 7.16. The SMILES string of the molecule is O=C(NNc1ncnc2cc(F)ccc12)c1cc2ccccc2o1. The molecule has 2 heterocycles. The van der Waals surface area contributed by atoms with Crippen LogP contribution < -0.4 is 10.9 Å². The quantitative estimate of drug-likeness (QED) is 0.566. The van der Waals surface area contributed by atoms with E-state index < -0.39 is 11.7 Å². The van der Waals surface area contributed by atoms with Crippen molar-refractivity contribution in [3.05, 3.63) is 66.4 Å². The fourth-order valence-electron chi connectivity index (χ4n) is 2.40. The molecule has 0 radical (unpaired) electrons. The van der Waals surface area contributed by atoms with Crippen molar-refractivity contribution < 1.29 is 13.6 Å². The average molecular weight is 322 g/mol. The summed E-state index contributed by atoms with van der Waals surface area (Å²) in [6.07, 6.45) is 1.29. The largest absolute Gasteiger partial charge is 0.451 e. The van der Waals surface area contributed by atoms with E-state index in [2.05, 4.69) is 20.8 Å². The summed E-state index contributed by atoms with van der Waals surface area (Å²) in [6, 6.07) is 13.1. The second-order valence-corrected chi connectivity index (χ2v) is 5.11. The monoisotopic (exact) mass is 322 g/mol. The molecule has 118 valence electrons. The summed E-state index contributed by atoms with van der Waals surface area (Å²) in [6.45, 7) is 0. The first kappa shape index (κ1) is 14.1. The first-order chi connectivity index (χ1) is 11.7. The highest BCUT2D eigenvalue weighted by Crippen LogP contribution is 2.20. The third kappa shape index (κ3) is 2.52. The van der Waals surface area contributed by atoms with Crippen molar-refractivity contribution >= 4 is 33.6 Å². The average Bonchev–Trinajstić information content (AvgIpc) is 3.03. The molecule has 0 saturated carbocycles. The molecule has 0 saturated heterocycles. The molecule has 0 unspecified atom stereocenters. The number of nitrogens with zero attached hydrogens (tertiary/aromatic N) is 2. The summed E-state index contributed by atoms with van der Waals surface area (Å²) >= 11 is 0. The Morgan fingerprint density at radius 1 is 1.08 bits per heavy atom. The maximum atomic E-state index is 13.2. The van der Waals surface area contributed by atoms with Crippen LogP contribution in [-0.4, -0.2) is 15.9 Å². The number of anilines is 1. The van der Waals surface area contributed by atoms with E-state index in [0.29, 0.717) is 22.3 Å². The number of benzene rings is 2. The maximum absolute atomic E-state index is 13.2. The normalized spacial score (nSPS) is 10.9. The zero-order valence-electron chi connectivity index (χ0n) is 12.3. The Morgan fingerprint density at radius 3 is 2.83 bits per heavy atom. The Morgan fingerprint density at radius 2 is 1.96 bits per heavy atom. The predicted octanol–water partition coefficient (Wildman–Crippen LogP) is 3.27. The summed E-state index contributed by atoms with van der Waals surface area (Å²) in [5, 5.41) is 1.43. The van der Waals surface area contributed by atoms with Gasteiger partial charge in [-0.1, -0.05) is 18.2 Å². The van der Waals surface area contributed by atoms with E-state index in [4.69, 9.17) is 4.42 Å². The van der Waals surface area contributed by atoms with Gasteiger partial charge >= 0.3 is 5.91 Å². The number of hydrogen-bond donors (Lipinski definition) is 2. The molecule has 4 aromatic rings. The van der Waals surface area contributed by atoms with Crippen molar-refractivity contribution in [3.8, 4) is 0 Å². The number of hydrogen-bond acceptors (Lipinski definition) is 5. The molecular weight excluding hydrogens is 311 g/mol. The fraction of sp³-hybridized carbons (Fsp3) is 0. The maximum Gasteiger partial charge on any atom is 0.305 e. The van der Waals surface area contributed by atoms with E-state index in [0.717, 1.165) is 5.39 Å². The van der Waals surface area contributed by atoms with Gasteiger partial charge in [0.05, 0.1) is 5.52 Å². The molecular formula is C17H11FN4O2. The van der Waals surface area contributed by atoms with E-state index in [9.17, 15) is 9.18 Å². The molecule has 4 rings (SSSR count). The molecule has 0 spiro atoms. The minimum absolute atomic E-state index is 0.174. The number of amides is 1. The minimum Gasteiger partial charge on any atom is -0.451 e. The summed E-state index contributed by atoms with van der Waals surface area (Å²) < 4.78 is 18.7. The van der Waals surface area contributed by atoms with Gasteiger partial charge in [0.25, 0.3) is 0 Å².